The Bertz CT molecular complexity index is 1360. The average Bonchev–Trinajstić information content (AvgIpc) is 3.84. The van der Waals surface area contributed by atoms with Crippen LogP contribution in [0.3, 0.4) is 0 Å². The summed E-state index contributed by atoms with van der Waals surface area (Å²) in [6.07, 6.45) is 2.75. The third-order valence-electron chi connectivity index (χ3n) is 8.69. The van der Waals surface area contributed by atoms with Gasteiger partial charge in [0.2, 0.25) is 15.9 Å². The Kier molecular flexibility index (Phi) is 7.79. The number of carbonyl (C=O) groups excluding carboxylic acids is 2. The van der Waals surface area contributed by atoms with Gasteiger partial charge in [-0.15, -0.1) is 0 Å². The van der Waals surface area contributed by atoms with Crippen molar-refractivity contribution >= 4 is 45.1 Å². The summed E-state index contributed by atoms with van der Waals surface area (Å²) in [7, 11) is -0.499. The minimum absolute atomic E-state index is 0.125. The van der Waals surface area contributed by atoms with Crippen LogP contribution >= 0.6 is 23.2 Å². The number of benzene rings is 2. The fourth-order valence-electron chi connectivity index (χ4n) is 6.31. The van der Waals surface area contributed by atoms with Gasteiger partial charge in [0.05, 0.1) is 29.7 Å². The lowest BCUT2D eigenvalue weighted by molar-refractivity contribution is -0.155. The van der Waals surface area contributed by atoms with Crippen LogP contribution in [0, 0.1) is 11.3 Å². The van der Waals surface area contributed by atoms with Crippen LogP contribution in [0.5, 0.6) is 0 Å². The first-order chi connectivity index (χ1) is 18.5. The molecule has 2 aromatic carbocycles. The number of hydrogen-bond acceptors (Lipinski definition) is 5. The lowest BCUT2D eigenvalue weighted by atomic mass is 9.72. The SMILES string of the molecule is CC[C@@H](CN(C)S(=O)(=O)C1CC1)N1C(=O)C2(CC(c3cccc(Cl)c3)C1c1ccc(Cl)cc1)CC2C(=O)OC. The van der Waals surface area contributed by atoms with E-state index < -0.39 is 33.4 Å². The Morgan fingerprint density at radius 3 is 2.38 bits per heavy atom. The smallest absolute Gasteiger partial charge is 0.309 e. The van der Waals surface area contributed by atoms with Crippen molar-refractivity contribution in [3.8, 4) is 0 Å². The predicted molar refractivity (Wildman–Crippen MR) is 151 cm³/mol. The van der Waals surface area contributed by atoms with Gasteiger partial charge in [0.25, 0.3) is 0 Å². The number of esters is 1. The standard InChI is InChI=1S/C29H34Cl2N2O5S/c1-4-22(17-32(2)39(36,37)23-12-13-23)33-26(18-8-10-20(30)11-9-18)24(19-6-5-7-21(31)14-19)15-29(28(33)35)16-25(29)27(34)38-3/h5-11,14,22-26H,4,12-13,15-17H2,1-3H3/t22-,24?,25?,26?,29?/m0/s1. The molecule has 1 aliphatic heterocycles. The van der Waals surface area contributed by atoms with Crippen LogP contribution in [0.25, 0.3) is 0 Å². The average molecular weight is 594 g/mol. The minimum Gasteiger partial charge on any atom is -0.469 e. The van der Waals surface area contributed by atoms with Crippen LogP contribution in [0.1, 0.15) is 62.1 Å². The van der Waals surface area contributed by atoms with Crippen LogP contribution in [-0.4, -0.2) is 61.5 Å². The highest BCUT2D eigenvalue weighted by molar-refractivity contribution is 7.90. The maximum absolute atomic E-state index is 14.5. The van der Waals surface area contributed by atoms with Crippen LogP contribution in [0.4, 0.5) is 0 Å². The first-order valence-electron chi connectivity index (χ1n) is 13.4. The molecule has 4 unspecified atom stereocenters. The summed E-state index contributed by atoms with van der Waals surface area (Å²) in [4.78, 5) is 29.1. The molecule has 39 heavy (non-hydrogen) atoms. The molecule has 1 saturated heterocycles. The lowest BCUT2D eigenvalue weighted by Gasteiger charge is -2.49. The topological polar surface area (TPSA) is 84.0 Å². The van der Waals surface area contributed by atoms with Gasteiger partial charge >= 0.3 is 5.97 Å². The zero-order chi connectivity index (χ0) is 28.1. The molecule has 1 heterocycles. The molecule has 2 saturated carbocycles. The molecule has 0 N–H and O–H groups in total. The van der Waals surface area contributed by atoms with Crippen LogP contribution in [-0.2, 0) is 24.3 Å². The quantitative estimate of drug-likeness (QED) is 0.362. The normalized spacial score (nSPS) is 27.6. The number of piperidine rings is 1. The van der Waals surface area contributed by atoms with Gasteiger partial charge < -0.3 is 9.64 Å². The monoisotopic (exact) mass is 592 g/mol. The number of methoxy groups -OCH3 is 1. The van der Waals surface area contributed by atoms with E-state index in [9.17, 15) is 18.0 Å². The summed E-state index contributed by atoms with van der Waals surface area (Å²) >= 11 is 12.7. The van der Waals surface area contributed by atoms with Crippen LogP contribution in [0.15, 0.2) is 48.5 Å². The van der Waals surface area contributed by atoms with E-state index >= 15 is 0 Å². The van der Waals surface area contributed by atoms with Crippen molar-refractivity contribution in [2.75, 3.05) is 20.7 Å². The van der Waals surface area contributed by atoms with Crippen molar-refractivity contribution in [2.24, 2.45) is 11.3 Å². The molecular formula is C29H34Cl2N2O5S. The van der Waals surface area contributed by atoms with Crippen molar-refractivity contribution in [1.29, 1.82) is 0 Å². The molecule has 1 spiro atoms. The van der Waals surface area contributed by atoms with E-state index in [1.165, 1.54) is 11.4 Å². The number of hydrogen-bond donors (Lipinski definition) is 0. The summed E-state index contributed by atoms with van der Waals surface area (Å²) in [6, 6.07) is 14.3. The molecular weight excluding hydrogens is 559 g/mol. The first kappa shape index (κ1) is 28.4. The van der Waals surface area contributed by atoms with E-state index in [0.29, 0.717) is 42.1 Å². The number of nitrogens with zero attached hydrogens (tertiary/aromatic N) is 2. The number of likely N-dealkylation sites (tertiary alicyclic amines) is 1. The van der Waals surface area contributed by atoms with Gasteiger partial charge in [-0.25, -0.2) is 12.7 Å². The van der Waals surface area contributed by atoms with Crippen LogP contribution in [0.2, 0.25) is 10.0 Å². The zero-order valence-electron chi connectivity index (χ0n) is 22.3. The van der Waals surface area contributed by atoms with Gasteiger partial charge in [-0.05, 0) is 67.5 Å². The molecule has 10 heteroatoms. The number of likely N-dealkylation sites (N-methyl/N-ethyl adjacent to an activating group) is 1. The predicted octanol–water partition coefficient (Wildman–Crippen LogP) is 5.43. The number of amides is 1. The molecule has 5 atom stereocenters. The molecule has 1 amide bonds. The highest BCUT2D eigenvalue weighted by atomic mass is 35.5. The van der Waals surface area contributed by atoms with E-state index in [2.05, 4.69) is 0 Å². The maximum Gasteiger partial charge on any atom is 0.309 e. The second kappa shape index (κ2) is 10.7. The van der Waals surface area contributed by atoms with E-state index in [1.54, 1.807) is 19.2 Å². The highest BCUT2D eigenvalue weighted by Gasteiger charge is 2.69. The molecule has 5 rings (SSSR count). The van der Waals surface area contributed by atoms with Crippen molar-refractivity contribution in [3.63, 3.8) is 0 Å². The summed E-state index contributed by atoms with van der Waals surface area (Å²) in [5, 5.41) is 0.822. The molecule has 7 nitrogen and oxygen atoms in total. The highest BCUT2D eigenvalue weighted by Crippen LogP contribution is 2.65. The summed E-state index contributed by atoms with van der Waals surface area (Å²) in [5.41, 5.74) is 0.960. The van der Waals surface area contributed by atoms with Crippen molar-refractivity contribution in [1.82, 2.24) is 9.21 Å². The Balaban J connectivity index is 1.63. The third-order valence-corrected chi connectivity index (χ3v) is 11.5. The maximum atomic E-state index is 14.5. The molecule has 2 aliphatic carbocycles. The molecule has 0 bridgehead atoms. The fraction of sp³-hybridized carbons (Fsp3) is 0.517. The summed E-state index contributed by atoms with van der Waals surface area (Å²) < 4.78 is 32.6. The second-order valence-corrected chi connectivity index (χ2v) is 14.3. The van der Waals surface area contributed by atoms with Crippen molar-refractivity contribution in [2.45, 2.75) is 62.3 Å². The molecule has 0 radical (unpaired) electrons. The lowest BCUT2D eigenvalue weighted by Crippen LogP contribution is -2.56. The number of ether oxygens (including phenoxy) is 1. The van der Waals surface area contributed by atoms with Crippen LogP contribution < -0.4 is 0 Å². The molecule has 3 aliphatic rings. The van der Waals surface area contributed by atoms with Gasteiger partial charge in [0.15, 0.2) is 0 Å². The van der Waals surface area contributed by atoms with Gasteiger partial charge in [-0.3, -0.25) is 9.59 Å². The fourth-order valence-corrected chi connectivity index (χ4v) is 8.25. The number of halogens is 2. The van der Waals surface area contributed by atoms with Gasteiger partial charge in [-0.1, -0.05) is 54.4 Å². The molecule has 2 aromatic rings. The van der Waals surface area contributed by atoms with Crippen molar-refractivity contribution in [3.05, 3.63) is 69.7 Å². The first-order valence-corrected chi connectivity index (χ1v) is 15.7. The molecule has 210 valence electrons. The van der Waals surface area contributed by atoms with E-state index in [1.807, 2.05) is 48.2 Å². The third kappa shape index (κ3) is 5.21. The Labute approximate surface area is 240 Å². The minimum atomic E-state index is -3.44. The molecule has 0 aromatic heterocycles. The van der Waals surface area contributed by atoms with Gasteiger partial charge in [-0.2, -0.15) is 0 Å². The molecule has 3 fully saturated rings. The van der Waals surface area contributed by atoms with E-state index in [4.69, 9.17) is 27.9 Å². The largest absolute Gasteiger partial charge is 0.469 e. The summed E-state index contributed by atoms with van der Waals surface area (Å²) in [5.74, 6) is -1.23. The zero-order valence-corrected chi connectivity index (χ0v) is 24.7. The van der Waals surface area contributed by atoms with Gasteiger partial charge in [0, 0.05) is 35.6 Å². The number of carbonyl (C=O) groups is 2. The van der Waals surface area contributed by atoms with Gasteiger partial charge in [0.1, 0.15) is 0 Å². The van der Waals surface area contributed by atoms with Crippen molar-refractivity contribution < 1.29 is 22.7 Å². The second-order valence-electron chi connectivity index (χ2n) is 11.1. The number of rotatable bonds is 9. The Morgan fingerprint density at radius 2 is 1.79 bits per heavy atom. The Morgan fingerprint density at radius 1 is 1.10 bits per heavy atom. The number of sulfonamides is 1. The Hall–Kier alpha value is -2.13. The van der Waals surface area contributed by atoms with E-state index in [-0.39, 0.29) is 29.6 Å². The van der Waals surface area contributed by atoms with E-state index in [0.717, 1.165) is 11.1 Å². The summed E-state index contributed by atoms with van der Waals surface area (Å²) in [6.45, 7) is 2.14.